The molecule has 0 aliphatic rings. The number of aliphatic imine (C=N–C) groups is 1. The van der Waals surface area contributed by atoms with Gasteiger partial charge in [-0.1, -0.05) is 43.7 Å². The number of benzene rings is 2. The van der Waals surface area contributed by atoms with E-state index >= 15 is 0 Å². The molecular weight excluding hydrogens is 515 g/mol. The molecule has 0 bridgehead atoms. The zero-order valence-electron chi connectivity index (χ0n) is 19.3. The van der Waals surface area contributed by atoms with Crippen molar-refractivity contribution >= 4 is 29.9 Å². The molecule has 0 fully saturated rings. The maximum atomic E-state index is 6.14. The van der Waals surface area contributed by atoms with Crippen molar-refractivity contribution in [3.8, 4) is 11.5 Å². The minimum atomic E-state index is 0. The summed E-state index contributed by atoms with van der Waals surface area (Å²) < 4.78 is 8.11. The Labute approximate surface area is 207 Å². The van der Waals surface area contributed by atoms with Crippen molar-refractivity contribution in [2.24, 2.45) is 12.0 Å². The fraction of sp³-hybridized carbons (Fsp3) is 0.375. The van der Waals surface area contributed by atoms with Crippen LogP contribution in [0.15, 0.2) is 53.5 Å². The van der Waals surface area contributed by atoms with Gasteiger partial charge in [0.05, 0.1) is 13.1 Å². The van der Waals surface area contributed by atoms with Gasteiger partial charge in [0, 0.05) is 19.2 Å². The standard InChI is InChI=1S/C24H32N6O.HI/c1-5-6-14-25-24(27-17-23-29-28-19(3)30(23)4)26-16-20-13-12-18(2)15-22(20)31-21-10-8-7-9-11-21;/h7-13,15H,5-6,14,16-17H2,1-4H3,(H2,25,26,27);1H. The number of aryl methyl sites for hydroxylation is 2. The highest BCUT2D eigenvalue weighted by atomic mass is 127. The van der Waals surface area contributed by atoms with Crippen LogP contribution in [-0.2, 0) is 20.1 Å². The molecule has 1 heterocycles. The van der Waals surface area contributed by atoms with Crippen LogP contribution in [0.2, 0.25) is 0 Å². The van der Waals surface area contributed by atoms with Crippen LogP contribution in [0.5, 0.6) is 11.5 Å². The van der Waals surface area contributed by atoms with E-state index < -0.39 is 0 Å². The van der Waals surface area contributed by atoms with Crippen LogP contribution in [0.1, 0.15) is 42.5 Å². The summed E-state index contributed by atoms with van der Waals surface area (Å²) in [5.41, 5.74) is 2.18. The summed E-state index contributed by atoms with van der Waals surface area (Å²) in [6.07, 6.45) is 2.20. The van der Waals surface area contributed by atoms with Crippen LogP contribution in [0, 0.1) is 13.8 Å². The number of nitrogens with zero attached hydrogens (tertiary/aromatic N) is 4. The van der Waals surface area contributed by atoms with E-state index in [9.17, 15) is 0 Å². The van der Waals surface area contributed by atoms with Gasteiger partial charge in [0.15, 0.2) is 11.8 Å². The van der Waals surface area contributed by atoms with Gasteiger partial charge in [0.25, 0.3) is 0 Å². The fourth-order valence-electron chi connectivity index (χ4n) is 2.99. The highest BCUT2D eigenvalue weighted by Crippen LogP contribution is 2.27. The third kappa shape index (κ3) is 7.51. The van der Waals surface area contributed by atoms with Crippen molar-refractivity contribution in [2.45, 2.75) is 46.7 Å². The number of nitrogens with one attached hydrogen (secondary N) is 2. The summed E-state index contributed by atoms with van der Waals surface area (Å²) in [6, 6.07) is 16.0. The van der Waals surface area contributed by atoms with Gasteiger partial charge in [-0.25, -0.2) is 4.99 Å². The first kappa shape index (κ1) is 25.6. The Morgan fingerprint density at radius 3 is 2.53 bits per heavy atom. The average Bonchev–Trinajstić information content (AvgIpc) is 3.09. The van der Waals surface area contributed by atoms with Crippen LogP contribution in [-0.4, -0.2) is 27.3 Å². The molecule has 8 heteroatoms. The number of ether oxygens (including phenoxy) is 1. The van der Waals surface area contributed by atoms with E-state index in [-0.39, 0.29) is 24.0 Å². The largest absolute Gasteiger partial charge is 0.457 e. The molecule has 172 valence electrons. The second kappa shape index (κ2) is 13.0. The minimum absolute atomic E-state index is 0. The summed E-state index contributed by atoms with van der Waals surface area (Å²) in [4.78, 5) is 4.81. The summed E-state index contributed by atoms with van der Waals surface area (Å²) in [7, 11) is 1.97. The van der Waals surface area contributed by atoms with E-state index in [0.717, 1.165) is 59.6 Å². The molecule has 0 saturated heterocycles. The Bertz CT molecular complexity index is 1000. The van der Waals surface area contributed by atoms with Gasteiger partial charge >= 0.3 is 0 Å². The van der Waals surface area contributed by atoms with Crippen molar-refractivity contribution in [1.82, 2.24) is 25.4 Å². The third-order valence-electron chi connectivity index (χ3n) is 5.02. The summed E-state index contributed by atoms with van der Waals surface area (Å²) in [5.74, 6) is 4.14. The molecule has 0 aliphatic heterocycles. The molecule has 0 radical (unpaired) electrons. The SMILES string of the molecule is CCCCNC(=NCc1ccc(C)cc1Oc1ccccc1)NCc1nnc(C)n1C.I. The molecule has 2 aromatic carbocycles. The van der Waals surface area contributed by atoms with Crippen molar-refractivity contribution in [3.63, 3.8) is 0 Å². The normalized spacial score (nSPS) is 11.1. The number of halogens is 1. The van der Waals surface area contributed by atoms with Gasteiger partial charge in [-0.3, -0.25) is 0 Å². The predicted molar refractivity (Wildman–Crippen MR) is 140 cm³/mol. The van der Waals surface area contributed by atoms with E-state index in [1.807, 2.05) is 48.9 Å². The maximum Gasteiger partial charge on any atom is 0.191 e. The smallest absolute Gasteiger partial charge is 0.191 e. The van der Waals surface area contributed by atoms with E-state index in [4.69, 9.17) is 9.73 Å². The Morgan fingerprint density at radius 1 is 1.06 bits per heavy atom. The second-order valence-corrected chi connectivity index (χ2v) is 7.55. The highest BCUT2D eigenvalue weighted by molar-refractivity contribution is 14.0. The summed E-state index contributed by atoms with van der Waals surface area (Å²) in [5, 5.41) is 15.1. The monoisotopic (exact) mass is 548 g/mol. The lowest BCUT2D eigenvalue weighted by Gasteiger charge is -2.14. The van der Waals surface area contributed by atoms with Crippen LogP contribution in [0.25, 0.3) is 0 Å². The molecule has 0 spiro atoms. The quantitative estimate of drug-likeness (QED) is 0.173. The van der Waals surface area contributed by atoms with Gasteiger partial charge in [0.2, 0.25) is 0 Å². The van der Waals surface area contributed by atoms with Gasteiger partial charge in [-0.2, -0.15) is 0 Å². The molecule has 32 heavy (non-hydrogen) atoms. The van der Waals surface area contributed by atoms with Crippen molar-refractivity contribution in [1.29, 1.82) is 0 Å². The van der Waals surface area contributed by atoms with E-state index in [2.05, 4.69) is 52.9 Å². The number of guanidine groups is 1. The van der Waals surface area contributed by atoms with Crippen molar-refractivity contribution in [2.75, 3.05) is 6.54 Å². The van der Waals surface area contributed by atoms with Gasteiger partial charge in [0.1, 0.15) is 17.3 Å². The van der Waals surface area contributed by atoms with Gasteiger partial charge in [-0.15, -0.1) is 34.2 Å². The summed E-state index contributed by atoms with van der Waals surface area (Å²) >= 11 is 0. The van der Waals surface area contributed by atoms with E-state index in [1.165, 1.54) is 0 Å². The molecule has 7 nitrogen and oxygen atoms in total. The van der Waals surface area contributed by atoms with Crippen LogP contribution in [0.4, 0.5) is 0 Å². The van der Waals surface area contributed by atoms with Crippen molar-refractivity contribution < 1.29 is 4.74 Å². The molecule has 0 aliphatic carbocycles. The van der Waals surface area contributed by atoms with E-state index in [0.29, 0.717) is 13.1 Å². The molecule has 2 N–H and O–H groups in total. The van der Waals surface area contributed by atoms with Crippen molar-refractivity contribution in [3.05, 3.63) is 71.3 Å². The Morgan fingerprint density at radius 2 is 1.84 bits per heavy atom. The molecule has 3 rings (SSSR count). The number of aromatic nitrogens is 3. The number of hydrogen-bond acceptors (Lipinski definition) is 4. The zero-order chi connectivity index (χ0) is 22.1. The van der Waals surface area contributed by atoms with Gasteiger partial charge < -0.3 is 19.9 Å². The minimum Gasteiger partial charge on any atom is -0.457 e. The maximum absolute atomic E-state index is 6.14. The van der Waals surface area contributed by atoms with Crippen LogP contribution in [0.3, 0.4) is 0 Å². The molecule has 0 saturated carbocycles. The van der Waals surface area contributed by atoms with Crippen LogP contribution < -0.4 is 15.4 Å². The topological polar surface area (TPSA) is 76.4 Å². The molecule has 0 atom stereocenters. The lowest BCUT2D eigenvalue weighted by atomic mass is 10.1. The molecule has 0 amide bonds. The molecule has 3 aromatic rings. The lowest BCUT2D eigenvalue weighted by molar-refractivity contribution is 0.476. The summed E-state index contributed by atoms with van der Waals surface area (Å²) in [6.45, 7) is 8.09. The first-order chi connectivity index (χ1) is 15.1. The first-order valence-corrected chi connectivity index (χ1v) is 10.8. The Balaban J connectivity index is 0.00000363. The molecular formula is C24H33IN6O. The number of hydrogen-bond donors (Lipinski definition) is 2. The lowest BCUT2D eigenvalue weighted by Crippen LogP contribution is -2.38. The second-order valence-electron chi connectivity index (χ2n) is 7.55. The first-order valence-electron chi connectivity index (χ1n) is 10.8. The highest BCUT2D eigenvalue weighted by Gasteiger charge is 2.09. The molecule has 0 unspecified atom stereocenters. The Kier molecular flexibility index (Phi) is 10.5. The third-order valence-corrected chi connectivity index (χ3v) is 5.02. The number of rotatable bonds is 9. The zero-order valence-corrected chi connectivity index (χ0v) is 21.6. The van der Waals surface area contributed by atoms with Crippen LogP contribution >= 0.6 is 24.0 Å². The predicted octanol–water partition coefficient (Wildman–Crippen LogP) is 4.88. The number of unbranched alkanes of at least 4 members (excludes halogenated alkanes) is 1. The molecule has 1 aromatic heterocycles. The number of para-hydroxylation sites is 1. The fourth-order valence-corrected chi connectivity index (χ4v) is 2.99. The Hall–Kier alpha value is -2.62. The average molecular weight is 548 g/mol. The van der Waals surface area contributed by atoms with Gasteiger partial charge in [-0.05, 0) is 44.0 Å². The van der Waals surface area contributed by atoms with E-state index in [1.54, 1.807) is 0 Å².